The van der Waals surface area contributed by atoms with Crippen LogP contribution >= 0.6 is 11.6 Å². The second-order valence-corrected chi connectivity index (χ2v) is 5.01. The summed E-state index contributed by atoms with van der Waals surface area (Å²) in [6.45, 7) is 0. The molecule has 0 bridgehead atoms. The summed E-state index contributed by atoms with van der Waals surface area (Å²) in [6.07, 6.45) is 0.272. The van der Waals surface area contributed by atoms with Crippen LogP contribution in [0.5, 0.6) is 0 Å². The molecule has 0 aliphatic carbocycles. The van der Waals surface area contributed by atoms with E-state index in [4.69, 9.17) is 11.6 Å². The van der Waals surface area contributed by atoms with Crippen molar-refractivity contribution < 1.29 is 14.8 Å². The van der Waals surface area contributed by atoms with E-state index in [1.807, 2.05) is 0 Å². The molecule has 0 radical (unpaired) electrons. The van der Waals surface area contributed by atoms with Crippen molar-refractivity contribution in [1.29, 1.82) is 0 Å². The number of carbonyl (C=O) groups is 1. The third-order valence-electron chi connectivity index (χ3n) is 3.13. The van der Waals surface area contributed by atoms with Gasteiger partial charge in [-0.1, -0.05) is 35.9 Å². The van der Waals surface area contributed by atoms with E-state index in [-0.39, 0.29) is 12.1 Å². The zero-order valence-corrected chi connectivity index (χ0v) is 11.7. The number of benzene rings is 2. The summed E-state index contributed by atoms with van der Waals surface area (Å²) in [5, 5.41) is 20.5. The average molecular weight is 306 g/mol. The average Bonchev–Trinajstić information content (AvgIpc) is 2.44. The number of non-ortho nitro benzene ring substituents is 1. The van der Waals surface area contributed by atoms with E-state index in [9.17, 15) is 20.0 Å². The highest BCUT2D eigenvalue weighted by molar-refractivity contribution is 6.30. The predicted molar refractivity (Wildman–Crippen MR) is 78.6 cm³/mol. The first kappa shape index (κ1) is 15.0. The summed E-state index contributed by atoms with van der Waals surface area (Å²) >= 11 is 5.89. The van der Waals surface area contributed by atoms with Gasteiger partial charge in [-0.15, -0.1) is 0 Å². The number of nitrogens with zero attached hydrogens (tertiary/aromatic N) is 1. The number of aliphatic carboxylic acids is 1. The molecule has 0 amide bonds. The lowest BCUT2D eigenvalue weighted by molar-refractivity contribution is -0.384. The molecule has 6 heteroatoms. The first-order valence-corrected chi connectivity index (χ1v) is 6.57. The number of hydrogen-bond donors (Lipinski definition) is 1. The van der Waals surface area contributed by atoms with Crippen LogP contribution in [0.3, 0.4) is 0 Å². The van der Waals surface area contributed by atoms with E-state index < -0.39 is 16.8 Å². The van der Waals surface area contributed by atoms with E-state index in [0.29, 0.717) is 10.6 Å². The second kappa shape index (κ2) is 6.37. The number of rotatable bonds is 5. The molecule has 21 heavy (non-hydrogen) atoms. The Bertz CT molecular complexity index is 670. The van der Waals surface area contributed by atoms with E-state index >= 15 is 0 Å². The van der Waals surface area contributed by atoms with Crippen LogP contribution in [0.4, 0.5) is 5.69 Å². The lowest BCUT2D eigenvalue weighted by Gasteiger charge is -2.13. The topological polar surface area (TPSA) is 80.4 Å². The standard InChI is InChI=1S/C15H12ClNO4/c16-12-3-1-2-10(8-12)9-14(15(18)19)11-4-6-13(7-5-11)17(20)21/h1-8,14H,9H2,(H,18,19)/t14-/m0/s1. The molecule has 0 fully saturated rings. The number of halogens is 1. The Morgan fingerprint density at radius 2 is 1.90 bits per heavy atom. The SMILES string of the molecule is O=C(O)[C@@H](Cc1cccc(Cl)c1)c1ccc([N+](=O)[O-])cc1. The van der Waals surface area contributed by atoms with Crippen LogP contribution in [0.15, 0.2) is 48.5 Å². The van der Waals surface area contributed by atoms with E-state index in [0.717, 1.165) is 5.56 Å². The first-order chi connectivity index (χ1) is 9.97. The van der Waals surface area contributed by atoms with Crippen molar-refractivity contribution in [2.45, 2.75) is 12.3 Å². The van der Waals surface area contributed by atoms with Crippen molar-refractivity contribution in [3.05, 3.63) is 74.8 Å². The molecule has 108 valence electrons. The minimum atomic E-state index is -0.983. The van der Waals surface area contributed by atoms with E-state index in [2.05, 4.69) is 0 Å². The Morgan fingerprint density at radius 3 is 2.43 bits per heavy atom. The summed E-state index contributed by atoms with van der Waals surface area (Å²) in [5.41, 5.74) is 1.26. The fourth-order valence-electron chi connectivity index (χ4n) is 2.08. The Kier molecular flexibility index (Phi) is 4.55. The Hall–Kier alpha value is -2.40. The van der Waals surface area contributed by atoms with Gasteiger partial charge in [-0.3, -0.25) is 14.9 Å². The number of nitro benzene ring substituents is 1. The number of carboxylic acid groups (broad SMARTS) is 1. The normalized spacial score (nSPS) is 11.9. The highest BCUT2D eigenvalue weighted by Crippen LogP contribution is 2.24. The summed E-state index contributed by atoms with van der Waals surface area (Å²) in [7, 11) is 0. The Labute approximate surface area is 125 Å². The highest BCUT2D eigenvalue weighted by Gasteiger charge is 2.21. The van der Waals surface area contributed by atoms with Crippen LogP contribution in [0.2, 0.25) is 5.02 Å². The largest absolute Gasteiger partial charge is 0.481 e. The van der Waals surface area contributed by atoms with Crippen molar-refractivity contribution in [1.82, 2.24) is 0 Å². The third kappa shape index (κ3) is 3.79. The van der Waals surface area contributed by atoms with Gasteiger partial charge in [-0.25, -0.2) is 0 Å². The molecule has 0 aliphatic heterocycles. The van der Waals surface area contributed by atoms with Crippen molar-refractivity contribution in [2.24, 2.45) is 0 Å². The molecule has 2 aromatic carbocycles. The maximum Gasteiger partial charge on any atom is 0.311 e. The minimum Gasteiger partial charge on any atom is -0.481 e. The molecule has 5 nitrogen and oxygen atoms in total. The van der Waals surface area contributed by atoms with Gasteiger partial charge in [0.2, 0.25) is 0 Å². The Balaban J connectivity index is 2.26. The third-order valence-corrected chi connectivity index (χ3v) is 3.37. The van der Waals surface area contributed by atoms with Gasteiger partial charge < -0.3 is 5.11 Å². The van der Waals surface area contributed by atoms with Gasteiger partial charge in [-0.2, -0.15) is 0 Å². The molecule has 2 aromatic rings. The van der Waals surface area contributed by atoms with Gasteiger partial charge in [0.25, 0.3) is 5.69 Å². The van der Waals surface area contributed by atoms with Crippen LogP contribution in [-0.2, 0) is 11.2 Å². The summed E-state index contributed by atoms with van der Waals surface area (Å²) in [5.74, 6) is -1.76. The van der Waals surface area contributed by atoms with Crippen LogP contribution < -0.4 is 0 Å². The minimum absolute atomic E-state index is 0.0642. The number of nitro groups is 1. The molecule has 0 saturated carbocycles. The summed E-state index contributed by atoms with van der Waals surface area (Å²) in [4.78, 5) is 21.5. The molecule has 0 aliphatic rings. The zero-order chi connectivity index (χ0) is 15.4. The molecule has 0 saturated heterocycles. The van der Waals surface area contributed by atoms with Gasteiger partial charge in [0.1, 0.15) is 0 Å². The fourth-order valence-corrected chi connectivity index (χ4v) is 2.29. The number of carboxylic acids is 1. The lowest BCUT2D eigenvalue weighted by Crippen LogP contribution is -2.14. The molecular weight excluding hydrogens is 294 g/mol. The smallest absolute Gasteiger partial charge is 0.311 e. The van der Waals surface area contributed by atoms with Crippen molar-refractivity contribution in [3.8, 4) is 0 Å². The van der Waals surface area contributed by atoms with Crippen molar-refractivity contribution in [3.63, 3.8) is 0 Å². The predicted octanol–water partition coefficient (Wildman–Crippen LogP) is 3.66. The molecule has 0 unspecified atom stereocenters. The van der Waals surface area contributed by atoms with Gasteiger partial charge in [0.15, 0.2) is 0 Å². The molecule has 0 heterocycles. The molecule has 0 aromatic heterocycles. The van der Waals surface area contributed by atoms with Crippen LogP contribution in [-0.4, -0.2) is 16.0 Å². The quantitative estimate of drug-likeness (QED) is 0.675. The van der Waals surface area contributed by atoms with E-state index in [1.54, 1.807) is 24.3 Å². The van der Waals surface area contributed by atoms with Crippen LogP contribution in [0.25, 0.3) is 0 Å². The zero-order valence-electron chi connectivity index (χ0n) is 10.9. The number of hydrogen-bond acceptors (Lipinski definition) is 3. The fraction of sp³-hybridized carbons (Fsp3) is 0.133. The van der Waals surface area contributed by atoms with Crippen molar-refractivity contribution in [2.75, 3.05) is 0 Å². The van der Waals surface area contributed by atoms with E-state index in [1.165, 1.54) is 24.3 Å². The summed E-state index contributed by atoms with van der Waals surface area (Å²) < 4.78 is 0. The van der Waals surface area contributed by atoms with Gasteiger partial charge in [-0.05, 0) is 29.7 Å². The van der Waals surface area contributed by atoms with Gasteiger partial charge in [0.05, 0.1) is 10.8 Å². The molecular formula is C15H12ClNO4. The molecule has 0 spiro atoms. The van der Waals surface area contributed by atoms with Crippen LogP contribution in [0.1, 0.15) is 17.0 Å². The second-order valence-electron chi connectivity index (χ2n) is 4.57. The van der Waals surface area contributed by atoms with Gasteiger partial charge in [0, 0.05) is 17.2 Å². The monoisotopic (exact) mass is 305 g/mol. The molecule has 1 N–H and O–H groups in total. The van der Waals surface area contributed by atoms with Crippen LogP contribution in [0, 0.1) is 10.1 Å². The van der Waals surface area contributed by atoms with Crippen molar-refractivity contribution >= 4 is 23.3 Å². The maximum atomic E-state index is 11.4. The first-order valence-electron chi connectivity index (χ1n) is 6.19. The summed E-state index contributed by atoms with van der Waals surface area (Å²) in [6, 6.07) is 12.5. The molecule has 2 rings (SSSR count). The van der Waals surface area contributed by atoms with Gasteiger partial charge >= 0.3 is 5.97 Å². The Morgan fingerprint density at radius 1 is 1.24 bits per heavy atom. The highest BCUT2D eigenvalue weighted by atomic mass is 35.5. The lowest BCUT2D eigenvalue weighted by atomic mass is 9.92. The molecule has 1 atom stereocenters. The maximum absolute atomic E-state index is 11.4.